The lowest BCUT2D eigenvalue weighted by Crippen LogP contribution is -2.46. The molecule has 3 aliphatic heterocycles. The van der Waals surface area contributed by atoms with E-state index in [4.69, 9.17) is 9.47 Å². The van der Waals surface area contributed by atoms with Gasteiger partial charge in [-0.15, -0.1) is 11.3 Å². The molecule has 0 N–H and O–H groups in total. The van der Waals surface area contributed by atoms with E-state index in [-0.39, 0.29) is 23.5 Å². The maximum absolute atomic E-state index is 13.1. The average Bonchev–Trinajstić information content (AvgIpc) is 3.27. The number of Topliss-reactive ketones (excluding diaryl/α,β-unsaturated/α-hetero) is 1. The van der Waals surface area contributed by atoms with Crippen LogP contribution in [0.3, 0.4) is 0 Å². The maximum Gasteiger partial charge on any atom is 0.225 e. The van der Waals surface area contributed by atoms with Crippen LogP contribution >= 0.6 is 11.3 Å². The van der Waals surface area contributed by atoms with E-state index in [0.717, 1.165) is 56.0 Å². The van der Waals surface area contributed by atoms with Crippen molar-refractivity contribution in [1.29, 1.82) is 0 Å². The van der Waals surface area contributed by atoms with Crippen LogP contribution in [0.25, 0.3) is 0 Å². The Morgan fingerprint density at radius 3 is 2.39 bits per heavy atom. The van der Waals surface area contributed by atoms with Crippen molar-refractivity contribution in [3.8, 4) is 11.5 Å². The summed E-state index contributed by atoms with van der Waals surface area (Å²) >= 11 is 1.69. The molecule has 2 fully saturated rings. The molecule has 0 atom stereocenters. The molecule has 2 saturated heterocycles. The summed E-state index contributed by atoms with van der Waals surface area (Å²) in [6.07, 6.45) is 3.25. The van der Waals surface area contributed by atoms with Gasteiger partial charge in [-0.25, -0.2) is 4.98 Å². The quantitative estimate of drug-likeness (QED) is 0.624. The van der Waals surface area contributed by atoms with Gasteiger partial charge in [-0.05, 0) is 63.9 Å². The Labute approximate surface area is 198 Å². The van der Waals surface area contributed by atoms with Gasteiger partial charge >= 0.3 is 0 Å². The average molecular weight is 470 g/mol. The Hall–Kier alpha value is -2.45. The van der Waals surface area contributed by atoms with Crippen LogP contribution in [-0.2, 0) is 11.3 Å². The second-order valence-corrected chi connectivity index (χ2v) is 10.3. The van der Waals surface area contributed by atoms with E-state index >= 15 is 0 Å². The van der Waals surface area contributed by atoms with Gasteiger partial charge in [-0.2, -0.15) is 0 Å². The van der Waals surface area contributed by atoms with Crippen LogP contribution in [0.4, 0.5) is 0 Å². The molecule has 0 spiro atoms. The molecule has 0 saturated carbocycles. The monoisotopic (exact) mass is 469 g/mol. The highest BCUT2D eigenvalue weighted by Gasteiger charge is 2.33. The Morgan fingerprint density at radius 1 is 1.00 bits per heavy atom. The van der Waals surface area contributed by atoms with Crippen molar-refractivity contribution >= 4 is 23.0 Å². The minimum absolute atomic E-state index is 0.0416. The largest absolute Gasteiger partial charge is 0.486 e. The number of ether oxygens (including phenoxy) is 2. The molecule has 0 radical (unpaired) electrons. The molecule has 3 aliphatic rings. The number of amides is 1. The predicted octanol–water partition coefficient (Wildman–Crippen LogP) is 3.56. The number of fused-ring (bicyclic) bond motifs is 1. The first-order valence-corrected chi connectivity index (χ1v) is 12.8. The minimum Gasteiger partial charge on any atom is -0.486 e. The number of likely N-dealkylation sites (tertiary alicyclic amines) is 2. The zero-order valence-corrected chi connectivity index (χ0v) is 19.9. The second-order valence-electron chi connectivity index (χ2n) is 9.23. The van der Waals surface area contributed by atoms with Crippen molar-refractivity contribution in [2.75, 3.05) is 39.4 Å². The fourth-order valence-electron chi connectivity index (χ4n) is 5.10. The molecule has 0 bridgehead atoms. The first-order chi connectivity index (χ1) is 16.1. The van der Waals surface area contributed by atoms with Crippen molar-refractivity contribution in [2.45, 2.75) is 39.2 Å². The maximum atomic E-state index is 13.1. The first-order valence-electron chi connectivity index (χ1n) is 11.9. The number of thiazole rings is 1. The summed E-state index contributed by atoms with van der Waals surface area (Å²) in [5.74, 6) is 1.82. The summed E-state index contributed by atoms with van der Waals surface area (Å²) in [5, 5.41) is 3.23. The van der Waals surface area contributed by atoms with Crippen molar-refractivity contribution in [1.82, 2.24) is 14.8 Å². The molecule has 33 heavy (non-hydrogen) atoms. The number of carbonyl (C=O) groups is 2. The molecule has 0 aliphatic carbocycles. The normalized spacial score (nSPS) is 20.1. The first kappa shape index (κ1) is 22.3. The zero-order valence-electron chi connectivity index (χ0n) is 19.1. The predicted molar refractivity (Wildman–Crippen MR) is 126 cm³/mol. The van der Waals surface area contributed by atoms with Crippen molar-refractivity contribution in [3.05, 3.63) is 39.8 Å². The number of benzene rings is 1. The number of piperidine rings is 2. The van der Waals surface area contributed by atoms with Crippen LogP contribution < -0.4 is 9.47 Å². The highest BCUT2D eigenvalue weighted by molar-refractivity contribution is 7.09. The van der Waals surface area contributed by atoms with Gasteiger partial charge in [0.1, 0.15) is 13.2 Å². The van der Waals surface area contributed by atoms with Crippen molar-refractivity contribution in [3.63, 3.8) is 0 Å². The SMILES string of the molecule is Cc1nc(CN2CCC(C(=O)N3CCC(C(=O)c4ccc5c(c4)OCCO5)CC3)CC2)cs1. The van der Waals surface area contributed by atoms with Crippen LogP contribution in [0, 0.1) is 18.8 Å². The molecule has 4 heterocycles. The number of hydrogen-bond donors (Lipinski definition) is 0. The fraction of sp³-hybridized carbons (Fsp3) is 0.560. The summed E-state index contributed by atoms with van der Waals surface area (Å²) in [5.41, 5.74) is 1.80. The number of aromatic nitrogens is 1. The Balaban J connectivity index is 1.10. The molecule has 1 amide bonds. The molecule has 8 heteroatoms. The van der Waals surface area contributed by atoms with E-state index < -0.39 is 0 Å². The van der Waals surface area contributed by atoms with Gasteiger partial charge in [0, 0.05) is 42.4 Å². The lowest BCUT2D eigenvalue weighted by atomic mass is 9.87. The highest BCUT2D eigenvalue weighted by Crippen LogP contribution is 2.33. The summed E-state index contributed by atoms with van der Waals surface area (Å²) in [4.78, 5) is 35.1. The van der Waals surface area contributed by atoms with Crippen LogP contribution in [-0.4, -0.2) is 65.9 Å². The highest BCUT2D eigenvalue weighted by atomic mass is 32.1. The molecular formula is C25H31N3O4S. The van der Waals surface area contributed by atoms with Crippen molar-refractivity contribution < 1.29 is 19.1 Å². The summed E-state index contributed by atoms with van der Waals surface area (Å²) in [7, 11) is 0. The lowest BCUT2D eigenvalue weighted by Gasteiger charge is -2.37. The number of carbonyl (C=O) groups excluding carboxylic acids is 2. The third kappa shape index (κ3) is 5.06. The number of rotatable bonds is 5. The fourth-order valence-corrected chi connectivity index (χ4v) is 5.70. The third-order valence-electron chi connectivity index (χ3n) is 6.99. The number of hydrogen-bond acceptors (Lipinski definition) is 7. The molecule has 0 unspecified atom stereocenters. The zero-order chi connectivity index (χ0) is 22.8. The van der Waals surface area contributed by atoms with Gasteiger partial charge in [0.2, 0.25) is 5.91 Å². The van der Waals surface area contributed by atoms with Crippen molar-refractivity contribution in [2.24, 2.45) is 11.8 Å². The molecule has 1 aromatic carbocycles. The molecule has 7 nitrogen and oxygen atoms in total. The van der Waals surface area contributed by atoms with Gasteiger partial charge in [-0.1, -0.05) is 0 Å². The van der Waals surface area contributed by atoms with Crippen LogP contribution in [0.15, 0.2) is 23.6 Å². The van der Waals surface area contributed by atoms with E-state index in [9.17, 15) is 9.59 Å². The lowest BCUT2D eigenvalue weighted by molar-refractivity contribution is -0.138. The van der Waals surface area contributed by atoms with E-state index in [2.05, 4.69) is 15.3 Å². The van der Waals surface area contributed by atoms with Gasteiger partial charge in [-0.3, -0.25) is 14.5 Å². The molecule has 5 rings (SSSR count). The van der Waals surface area contributed by atoms with Gasteiger partial charge < -0.3 is 14.4 Å². The molecular weight excluding hydrogens is 438 g/mol. The van der Waals surface area contributed by atoms with E-state index in [1.54, 1.807) is 17.4 Å². The number of ketones is 1. The minimum atomic E-state index is -0.0416. The molecule has 2 aromatic rings. The Kier molecular flexibility index (Phi) is 6.64. The summed E-state index contributed by atoms with van der Waals surface area (Å²) in [6, 6.07) is 5.45. The molecule has 176 valence electrons. The van der Waals surface area contributed by atoms with Gasteiger partial charge in [0.15, 0.2) is 17.3 Å². The van der Waals surface area contributed by atoms with E-state index in [1.807, 2.05) is 24.0 Å². The van der Waals surface area contributed by atoms with E-state index in [0.29, 0.717) is 43.4 Å². The van der Waals surface area contributed by atoms with Crippen LogP contribution in [0.5, 0.6) is 11.5 Å². The van der Waals surface area contributed by atoms with E-state index in [1.165, 1.54) is 0 Å². The third-order valence-corrected chi connectivity index (χ3v) is 7.82. The smallest absolute Gasteiger partial charge is 0.225 e. The summed E-state index contributed by atoms with van der Waals surface area (Å²) in [6.45, 7) is 7.16. The summed E-state index contributed by atoms with van der Waals surface area (Å²) < 4.78 is 11.2. The Morgan fingerprint density at radius 2 is 1.70 bits per heavy atom. The van der Waals surface area contributed by atoms with Gasteiger partial charge in [0.25, 0.3) is 0 Å². The van der Waals surface area contributed by atoms with Gasteiger partial charge in [0.05, 0.1) is 10.7 Å². The van der Waals surface area contributed by atoms with Crippen LogP contribution in [0.1, 0.15) is 46.7 Å². The molecule has 1 aromatic heterocycles. The van der Waals surface area contributed by atoms with Crippen LogP contribution in [0.2, 0.25) is 0 Å². The number of nitrogens with zero attached hydrogens (tertiary/aromatic N) is 3. The Bertz CT molecular complexity index is 1010. The standard InChI is InChI=1S/C25H31N3O4S/c1-17-26-21(16-33-17)15-27-8-4-19(5-9-27)25(30)28-10-6-18(7-11-28)24(29)20-2-3-22-23(14-20)32-13-12-31-22/h2-3,14,16,18-19H,4-13,15H2,1H3. The number of aryl methyl sites for hydroxylation is 1. The second kappa shape index (κ2) is 9.81. The topological polar surface area (TPSA) is 72.0 Å².